The van der Waals surface area contributed by atoms with Gasteiger partial charge in [0.25, 0.3) is 0 Å². The molecule has 5 aromatic rings. The standard InChI is InChI=1S/C29H22BrCl2N5O/c30-24-18-35-37-27(15-26(36-29(24)37)23-9-1-2-10-25(23)32)33-16-20-6-3-7-21(13-20)17-34-28(38)12-11-19-5-4-8-22(31)14-19/h1-15,18,33H,16-17H2,(H,34,38)/b12-11+. The van der Waals surface area contributed by atoms with Gasteiger partial charge in [0.1, 0.15) is 5.82 Å². The van der Waals surface area contributed by atoms with E-state index in [1.807, 2.05) is 60.7 Å². The van der Waals surface area contributed by atoms with E-state index >= 15 is 0 Å². The Kier molecular flexibility index (Phi) is 8.08. The number of amides is 1. The molecule has 0 aliphatic heterocycles. The van der Waals surface area contributed by atoms with E-state index in [2.05, 4.69) is 37.7 Å². The summed E-state index contributed by atoms with van der Waals surface area (Å²) in [6.07, 6.45) is 4.96. The maximum Gasteiger partial charge on any atom is 0.244 e. The topological polar surface area (TPSA) is 71.3 Å². The molecule has 6 nitrogen and oxygen atoms in total. The highest BCUT2D eigenvalue weighted by atomic mass is 79.9. The molecule has 0 atom stereocenters. The van der Waals surface area contributed by atoms with Crippen molar-refractivity contribution in [3.8, 4) is 11.3 Å². The number of halogens is 3. The zero-order valence-corrected chi connectivity index (χ0v) is 23.1. The zero-order chi connectivity index (χ0) is 26.5. The van der Waals surface area contributed by atoms with Gasteiger partial charge in [-0.2, -0.15) is 9.61 Å². The molecule has 0 bridgehead atoms. The SMILES string of the molecule is O=C(/C=C/c1cccc(Cl)c1)NCc1cccc(CNc2cc(-c3ccccc3Cl)nc3c(Br)cnn23)c1. The molecular weight excluding hydrogens is 585 g/mol. The number of carbonyl (C=O) groups excluding carboxylic acids is 1. The number of fused-ring (bicyclic) bond motifs is 1. The summed E-state index contributed by atoms with van der Waals surface area (Å²) in [6.45, 7) is 0.962. The number of anilines is 1. The van der Waals surface area contributed by atoms with Crippen LogP contribution in [0, 0.1) is 0 Å². The third kappa shape index (κ3) is 6.25. The summed E-state index contributed by atoms with van der Waals surface area (Å²) in [5.74, 6) is 0.601. The summed E-state index contributed by atoms with van der Waals surface area (Å²) >= 11 is 16.0. The van der Waals surface area contributed by atoms with Crippen LogP contribution < -0.4 is 10.6 Å². The summed E-state index contributed by atoms with van der Waals surface area (Å²) in [7, 11) is 0. The Hall–Kier alpha value is -3.65. The van der Waals surface area contributed by atoms with Crippen LogP contribution in [0.5, 0.6) is 0 Å². The molecule has 0 saturated carbocycles. The lowest BCUT2D eigenvalue weighted by Crippen LogP contribution is -2.20. The highest BCUT2D eigenvalue weighted by Gasteiger charge is 2.13. The van der Waals surface area contributed by atoms with Gasteiger partial charge in [0.05, 0.1) is 16.4 Å². The predicted molar refractivity (Wildman–Crippen MR) is 157 cm³/mol. The molecule has 0 spiro atoms. The maximum absolute atomic E-state index is 12.3. The van der Waals surface area contributed by atoms with E-state index in [1.54, 1.807) is 28.9 Å². The molecule has 1 amide bonds. The van der Waals surface area contributed by atoms with Crippen LogP contribution in [-0.2, 0) is 17.9 Å². The van der Waals surface area contributed by atoms with E-state index < -0.39 is 0 Å². The van der Waals surface area contributed by atoms with E-state index in [9.17, 15) is 4.79 Å². The molecule has 0 aliphatic rings. The van der Waals surface area contributed by atoms with E-state index in [4.69, 9.17) is 28.2 Å². The van der Waals surface area contributed by atoms with Crippen LogP contribution in [0.4, 0.5) is 5.82 Å². The van der Waals surface area contributed by atoms with Crippen molar-refractivity contribution in [2.75, 3.05) is 5.32 Å². The monoisotopic (exact) mass is 605 g/mol. The highest BCUT2D eigenvalue weighted by Crippen LogP contribution is 2.30. The Morgan fingerprint density at radius 3 is 2.55 bits per heavy atom. The quantitative estimate of drug-likeness (QED) is 0.180. The van der Waals surface area contributed by atoms with Crippen LogP contribution in [0.3, 0.4) is 0 Å². The fourth-order valence-electron chi connectivity index (χ4n) is 3.94. The molecule has 2 heterocycles. The highest BCUT2D eigenvalue weighted by molar-refractivity contribution is 9.10. The lowest BCUT2D eigenvalue weighted by molar-refractivity contribution is -0.116. The number of benzene rings is 3. The van der Waals surface area contributed by atoms with Crippen molar-refractivity contribution >= 4 is 62.6 Å². The first-order valence-corrected chi connectivity index (χ1v) is 13.3. The van der Waals surface area contributed by atoms with Gasteiger partial charge in [-0.1, -0.05) is 77.8 Å². The van der Waals surface area contributed by atoms with Gasteiger partial charge in [-0.25, -0.2) is 4.98 Å². The number of rotatable bonds is 8. The van der Waals surface area contributed by atoms with Crippen LogP contribution >= 0.6 is 39.1 Å². The second-order valence-corrected chi connectivity index (χ2v) is 10.2. The Morgan fingerprint density at radius 2 is 1.74 bits per heavy atom. The Morgan fingerprint density at radius 1 is 0.947 bits per heavy atom. The molecule has 2 aromatic heterocycles. The third-order valence-electron chi connectivity index (χ3n) is 5.79. The minimum absolute atomic E-state index is 0.177. The minimum Gasteiger partial charge on any atom is -0.366 e. The average molecular weight is 607 g/mol. The first kappa shape index (κ1) is 26.0. The predicted octanol–water partition coefficient (Wildman–Crippen LogP) is 7.41. The van der Waals surface area contributed by atoms with Crippen molar-refractivity contribution in [1.82, 2.24) is 19.9 Å². The van der Waals surface area contributed by atoms with E-state index in [-0.39, 0.29) is 5.91 Å². The van der Waals surface area contributed by atoms with Gasteiger partial charge in [0, 0.05) is 40.8 Å². The van der Waals surface area contributed by atoms with E-state index in [0.717, 1.165) is 38.2 Å². The van der Waals surface area contributed by atoms with Crippen molar-refractivity contribution in [1.29, 1.82) is 0 Å². The molecule has 0 saturated heterocycles. The molecule has 0 aliphatic carbocycles. The summed E-state index contributed by atoms with van der Waals surface area (Å²) in [4.78, 5) is 17.0. The second-order valence-electron chi connectivity index (χ2n) is 8.51. The van der Waals surface area contributed by atoms with Gasteiger partial charge >= 0.3 is 0 Å². The molecule has 3 aromatic carbocycles. The molecule has 5 rings (SSSR count). The van der Waals surface area contributed by atoms with Crippen molar-refractivity contribution in [3.63, 3.8) is 0 Å². The Balaban J connectivity index is 1.27. The summed E-state index contributed by atoms with van der Waals surface area (Å²) in [5, 5.41) is 12.1. The van der Waals surface area contributed by atoms with Crippen LogP contribution in [0.1, 0.15) is 16.7 Å². The first-order valence-electron chi connectivity index (χ1n) is 11.8. The minimum atomic E-state index is -0.177. The zero-order valence-electron chi connectivity index (χ0n) is 20.0. The molecule has 0 unspecified atom stereocenters. The molecule has 2 N–H and O–H groups in total. The summed E-state index contributed by atoms with van der Waals surface area (Å²) < 4.78 is 2.54. The number of carbonyl (C=O) groups is 1. The molecular formula is C29H22BrCl2N5O. The van der Waals surface area contributed by atoms with Crippen LogP contribution in [0.15, 0.2) is 95.6 Å². The number of hydrogen-bond donors (Lipinski definition) is 2. The van der Waals surface area contributed by atoms with Crippen LogP contribution in [-0.4, -0.2) is 20.5 Å². The lowest BCUT2D eigenvalue weighted by atomic mass is 10.1. The van der Waals surface area contributed by atoms with Gasteiger partial charge < -0.3 is 10.6 Å². The Labute approximate surface area is 238 Å². The molecule has 190 valence electrons. The fourth-order valence-corrected chi connectivity index (χ4v) is 4.72. The van der Waals surface area contributed by atoms with Crippen molar-refractivity contribution in [2.24, 2.45) is 0 Å². The number of hydrogen-bond acceptors (Lipinski definition) is 4. The number of nitrogens with one attached hydrogen (secondary N) is 2. The molecule has 38 heavy (non-hydrogen) atoms. The largest absolute Gasteiger partial charge is 0.366 e. The van der Waals surface area contributed by atoms with Gasteiger partial charge in [0.15, 0.2) is 5.65 Å². The second kappa shape index (κ2) is 11.8. The van der Waals surface area contributed by atoms with Crippen LogP contribution in [0.2, 0.25) is 10.0 Å². The van der Waals surface area contributed by atoms with Gasteiger partial charge in [-0.05, 0) is 56.9 Å². The maximum atomic E-state index is 12.3. The van der Waals surface area contributed by atoms with Gasteiger partial charge in [-0.15, -0.1) is 0 Å². The van der Waals surface area contributed by atoms with Crippen molar-refractivity contribution in [3.05, 3.63) is 122 Å². The molecule has 9 heteroatoms. The smallest absolute Gasteiger partial charge is 0.244 e. The summed E-state index contributed by atoms with van der Waals surface area (Å²) in [5.41, 5.74) is 5.19. The average Bonchev–Trinajstić information content (AvgIpc) is 3.30. The van der Waals surface area contributed by atoms with Gasteiger partial charge in [0.2, 0.25) is 5.91 Å². The lowest BCUT2D eigenvalue weighted by Gasteiger charge is -2.12. The third-order valence-corrected chi connectivity index (χ3v) is 6.91. The fraction of sp³-hybridized carbons (Fsp3) is 0.0690. The van der Waals surface area contributed by atoms with Gasteiger partial charge in [-0.3, -0.25) is 4.79 Å². The van der Waals surface area contributed by atoms with Crippen molar-refractivity contribution in [2.45, 2.75) is 13.1 Å². The molecule has 0 radical (unpaired) electrons. The normalized spacial score (nSPS) is 11.2. The van der Waals surface area contributed by atoms with Crippen molar-refractivity contribution < 1.29 is 4.79 Å². The molecule has 0 fully saturated rings. The Bertz CT molecular complexity index is 1650. The summed E-state index contributed by atoms with van der Waals surface area (Å²) in [6, 6.07) is 24.9. The first-order chi connectivity index (χ1) is 18.5. The van der Waals surface area contributed by atoms with Crippen LogP contribution in [0.25, 0.3) is 23.0 Å². The number of aromatic nitrogens is 3. The van der Waals surface area contributed by atoms with E-state index in [0.29, 0.717) is 28.8 Å². The van der Waals surface area contributed by atoms with E-state index in [1.165, 1.54) is 6.08 Å². The number of nitrogens with zero attached hydrogens (tertiary/aromatic N) is 3.